The summed E-state index contributed by atoms with van der Waals surface area (Å²) in [5, 5.41) is 5.74. The van der Waals surface area contributed by atoms with Crippen LogP contribution in [-0.4, -0.2) is 0 Å². The lowest BCUT2D eigenvalue weighted by Crippen LogP contribution is -2.21. The first-order chi connectivity index (χ1) is 14.8. The molecule has 0 amide bonds. The molecule has 0 nitrogen and oxygen atoms in total. The minimum absolute atomic E-state index is 0.588. The summed E-state index contributed by atoms with van der Waals surface area (Å²) >= 11 is 0. The van der Waals surface area contributed by atoms with Crippen LogP contribution in [0.5, 0.6) is 0 Å². The molecule has 2 atom stereocenters. The van der Waals surface area contributed by atoms with Crippen molar-refractivity contribution in [2.45, 2.75) is 44.9 Å². The molecular formula is C30H28. The standard InChI is InChI=1S/C30H28/c1-20-25(18-17-24-16-14-21-7-2-4-11-27(21)29(20)24)19-26-10-6-9-23-15-13-22-8-3-5-12-28(22)30(23)26/h2,4-7,9-16,20,25H,3,8,17-19H2,1H3/t20-,25+/m0/s1. The van der Waals surface area contributed by atoms with Crippen LogP contribution in [0.4, 0.5) is 0 Å². The Morgan fingerprint density at radius 3 is 2.60 bits per heavy atom. The van der Waals surface area contributed by atoms with Crippen molar-refractivity contribution in [2.75, 3.05) is 0 Å². The summed E-state index contributed by atoms with van der Waals surface area (Å²) in [6.07, 6.45) is 10.7. The van der Waals surface area contributed by atoms with Gasteiger partial charge in [0, 0.05) is 0 Å². The molecule has 2 aliphatic carbocycles. The van der Waals surface area contributed by atoms with E-state index in [9.17, 15) is 0 Å². The second kappa shape index (κ2) is 7.13. The molecule has 0 unspecified atom stereocenters. The SMILES string of the molecule is C[C@@H]1c2c(ccc3ccccc23)CC[C@@H]1Cc1cccc2ccc3c(c12)C=CCC3. The molecule has 0 spiro atoms. The van der Waals surface area contributed by atoms with Gasteiger partial charge in [0.2, 0.25) is 0 Å². The van der Waals surface area contributed by atoms with E-state index in [0.29, 0.717) is 11.8 Å². The van der Waals surface area contributed by atoms with E-state index in [-0.39, 0.29) is 0 Å². The van der Waals surface area contributed by atoms with E-state index < -0.39 is 0 Å². The first-order valence-corrected chi connectivity index (χ1v) is 11.5. The van der Waals surface area contributed by atoms with Crippen LogP contribution < -0.4 is 0 Å². The lowest BCUT2D eigenvalue weighted by atomic mass is 9.71. The molecule has 6 rings (SSSR count). The van der Waals surface area contributed by atoms with Gasteiger partial charge >= 0.3 is 0 Å². The maximum atomic E-state index is 2.47. The second-order valence-electron chi connectivity index (χ2n) is 9.25. The van der Waals surface area contributed by atoms with E-state index in [0.717, 1.165) is 0 Å². The molecule has 0 aliphatic heterocycles. The Hall–Kier alpha value is -2.86. The second-order valence-corrected chi connectivity index (χ2v) is 9.25. The predicted molar refractivity (Wildman–Crippen MR) is 129 cm³/mol. The number of allylic oxidation sites excluding steroid dienone is 1. The van der Waals surface area contributed by atoms with Gasteiger partial charge < -0.3 is 0 Å². The fraction of sp³-hybridized carbons (Fsp3) is 0.267. The van der Waals surface area contributed by atoms with E-state index in [1.165, 1.54) is 70.3 Å². The van der Waals surface area contributed by atoms with E-state index >= 15 is 0 Å². The Morgan fingerprint density at radius 1 is 0.800 bits per heavy atom. The molecule has 0 N–H and O–H groups in total. The van der Waals surface area contributed by atoms with Crippen LogP contribution in [0.25, 0.3) is 27.6 Å². The maximum Gasteiger partial charge on any atom is -0.00766 e. The van der Waals surface area contributed by atoms with Crippen molar-refractivity contribution < 1.29 is 0 Å². The normalized spacial score (nSPS) is 20.3. The fourth-order valence-electron chi connectivity index (χ4n) is 6.03. The van der Waals surface area contributed by atoms with Crippen molar-refractivity contribution >= 4 is 27.6 Å². The van der Waals surface area contributed by atoms with E-state index in [1.807, 2.05) is 0 Å². The number of aryl methyl sites for hydroxylation is 2. The average molecular weight is 389 g/mol. The number of rotatable bonds is 2. The first-order valence-electron chi connectivity index (χ1n) is 11.5. The van der Waals surface area contributed by atoms with Crippen LogP contribution in [0, 0.1) is 5.92 Å². The molecular weight excluding hydrogens is 360 g/mol. The largest absolute Gasteiger partial charge is 0.0836 e. The number of hydrogen-bond donors (Lipinski definition) is 0. The Labute approximate surface area is 179 Å². The average Bonchev–Trinajstić information content (AvgIpc) is 2.80. The van der Waals surface area contributed by atoms with Crippen molar-refractivity contribution in [2.24, 2.45) is 5.92 Å². The summed E-state index contributed by atoms with van der Waals surface area (Å²) in [5.74, 6) is 1.28. The zero-order valence-corrected chi connectivity index (χ0v) is 17.7. The summed E-state index contributed by atoms with van der Waals surface area (Å²) in [5.41, 5.74) is 7.70. The lowest BCUT2D eigenvalue weighted by Gasteiger charge is -2.33. The van der Waals surface area contributed by atoms with Gasteiger partial charge in [0.05, 0.1) is 0 Å². The van der Waals surface area contributed by atoms with Crippen LogP contribution >= 0.6 is 0 Å². The van der Waals surface area contributed by atoms with Gasteiger partial charge in [0.25, 0.3) is 0 Å². The summed E-state index contributed by atoms with van der Waals surface area (Å²) in [6.45, 7) is 2.47. The smallest absolute Gasteiger partial charge is 0.00766 e. The van der Waals surface area contributed by atoms with Gasteiger partial charge in [-0.25, -0.2) is 0 Å². The van der Waals surface area contributed by atoms with Crippen LogP contribution in [0.3, 0.4) is 0 Å². The molecule has 0 saturated carbocycles. The minimum Gasteiger partial charge on any atom is -0.0836 e. The van der Waals surface area contributed by atoms with E-state index in [2.05, 4.69) is 85.8 Å². The molecule has 0 saturated heterocycles. The van der Waals surface area contributed by atoms with Gasteiger partial charge in [-0.2, -0.15) is 0 Å². The molecule has 30 heavy (non-hydrogen) atoms. The Balaban J connectivity index is 1.43. The predicted octanol–water partition coefficient (Wildman–Crippen LogP) is 7.86. The minimum atomic E-state index is 0.588. The van der Waals surface area contributed by atoms with Crippen molar-refractivity contribution in [3.8, 4) is 0 Å². The monoisotopic (exact) mass is 388 g/mol. The highest BCUT2D eigenvalue weighted by Gasteiger charge is 2.28. The topological polar surface area (TPSA) is 0 Å². The Bertz CT molecular complexity index is 1290. The molecule has 2 aliphatic rings. The summed E-state index contributed by atoms with van der Waals surface area (Å²) in [4.78, 5) is 0. The van der Waals surface area contributed by atoms with E-state index in [1.54, 1.807) is 11.1 Å². The molecule has 0 heterocycles. The van der Waals surface area contributed by atoms with Crippen LogP contribution in [0.1, 0.15) is 53.5 Å². The zero-order valence-electron chi connectivity index (χ0n) is 17.7. The van der Waals surface area contributed by atoms with Crippen molar-refractivity contribution in [3.63, 3.8) is 0 Å². The van der Waals surface area contributed by atoms with Crippen molar-refractivity contribution in [1.82, 2.24) is 0 Å². The van der Waals surface area contributed by atoms with Crippen molar-refractivity contribution in [3.05, 3.63) is 101 Å². The van der Waals surface area contributed by atoms with E-state index in [4.69, 9.17) is 0 Å². The number of fused-ring (bicyclic) bond motifs is 6. The highest BCUT2D eigenvalue weighted by atomic mass is 14.3. The Kier molecular flexibility index (Phi) is 4.27. The zero-order chi connectivity index (χ0) is 20.1. The van der Waals surface area contributed by atoms with Gasteiger partial charge in [-0.15, -0.1) is 0 Å². The summed E-state index contributed by atoms with van der Waals surface area (Å²) in [7, 11) is 0. The molecule has 0 bridgehead atoms. The molecule has 0 radical (unpaired) electrons. The third-order valence-corrected chi connectivity index (χ3v) is 7.62. The van der Waals surface area contributed by atoms with Crippen molar-refractivity contribution in [1.29, 1.82) is 0 Å². The molecule has 4 aromatic rings. The highest BCUT2D eigenvalue weighted by molar-refractivity contribution is 5.95. The number of hydrogen-bond acceptors (Lipinski definition) is 0. The van der Waals surface area contributed by atoms with Crippen LogP contribution in [0.2, 0.25) is 0 Å². The molecule has 4 aromatic carbocycles. The van der Waals surface area contributed by atoms with Gasteiger partial charge in [0.15, 0.2) is 0 Å². The fourth-order valence-corrected chi connectivity index (χ4v) is 6.03. The van der Waals surface area contributed by atoms with Crippen LogP contribution in [-0.2, 0) is 19.3 Å². The quantitative estimate of drug-likeness (QED) is 0.328. The van der Waals surface area contributed by atoms with Gasteiger partial charge in [-0.3, -0.25) is 0 Å². The highest BCUT2D eigenvalue weighted by Crippen LogP contribution is 2.42. The molecule has 0 heteroatoms. The lowest BCUT2D eigenvalue weighted by molar-refractivity contribution is 0.392. The van der Waals surface area contributed by atoms with Crippen LogP contribution in [0.15, 0.2) is 72.8 Å². The van der Waals surface area contributed by atoms with Gasteiger partial charge in [-0.05, 0) is 93.3 Å². The number of benzene rings is 4. The third kappa shape index (κ3) is 2.82. The summed E-state index contributed by atoms with van der Waals surface area (Å²) < 4.78 is 0. The molecule has 148 valence electrons. The third-order valence-electron chi connectivity index (χ3n) is 7.62. The van der Waals surface area contributed by atoms with Gasteiger partial charge in [-0.1, -0.05) is 85.8 Å². The van der Waals surface area contributed by atoms with Gasteiger partial charge in [0.1, 0.15) is 0 Å². The molecule has 0 aromatic heterocycles. The maximum absolute atomic E-state index is 2.47. The first kappa shape index (κ1) is 18.0. The molecule has 0 fully saturated rings. The Morgan fingerprint density at radius 2 is 1.63 bits per heavy atom. The summed E-state index contributed by atoms with van der Waals surface area (Å²) in [6, 6.07) is 25.2.